The molecule has 0 unspecified atom stereocenters. The lowest BCUT2D eigenvalue weighted by Gasteiger charge is -2.15. The van der Waals surface area contributed by atoms with Gasteiger partial charge >= 0.3 is 0 Å². The number of ether oxygens (including phenoxy) is 1. The number of nitrogens with one attached hydrogen (secondary N) is 1. The number of halogens is 1. The van der Waals surface area contributed by atoms with E-state index in [4.69, 9.17) is 4.74 Å². The molecule has 0 radical (unpaired) electrons. The molecule has 0 amide bonds. The molecule has 0 aliphatic rings. The van der Waals surface area contributed by atoms with Crippen molar-refractivity contribution in [3.05, 3.63) is 63.6 Å². The van der Waals surface area contributed by atoms with Crippen molar-refractivity contribution in [1.29, 1.82) is 0 Å². The lowest BCUT2D eigenvalue weighted by Crippen LogP contribution is -2.22. The SMILES string of the molecule is Cc1ccc(OCc2ccccc2Br)c(CNC(C)C)c1. The summed E-state index contributed by atoms with van der Waals surface area (Å²) in [6.07, 6.45) is 0. The molecule has 2 nitrogen and oxygen atoms in total. The second-order valence-corrected chi connectivity index (χ2v) is 6.38. The van der Waals surface area contributed by atoms with Crippen LogP contribution < -0.4 is 10.1 Å². The molecule has 0 fully saturated rings. The van der Waals surface area contributed by atoms with Gasteiger partial charge in [0.15, 0.2) is 0 Å². The van der Waals surface area contributed by atoms with Crippen LogP contribution in [-0.2, 0) is 13.2 Å². The highest BCUT2D eigenvalue weighted by Gasteiger charge is 2.06. The van der Waals surface area contributed by atoms with Crippen LogP contribution in [0, 0.1) is 6.92 Å². The Labute approximate surface area is 135 Å². The Morgan fingerprint density at radius 1 is 1.10 bits per heavy atom. The molecule has 0 aromatic heterocycles. The van der Waals surface area contributed by atoms with Gasteiger partial charge in [-0.2, -0.15) is 0 Å². The number of hydrogen-bond donors (Lipinski definition) is 1. The van der Waals surface area contributed by atoms with E-state index >= 15 is 0 Å². The molecule has 2 aromatic rings. The minimum Gasteiger partial charge on any atom is -0.489 e. The van der Waals surface area contributed by atoms with Crippen molar-refractivity contribution in [2.24, 2.45) is 0 Å². The largest absolute Gasteiger partial charge is 0.489 e. The summed E-state index contributed by atoms with van der Waals surface area (Å²) in [6, 6.07) is 14.9. The molecule has 112 valence electrons. The van der Waals surface area contributed by atoms with Gasteiger partial charge < -0.3 is 10.1 Å². The first-order chi connectivity index (χ1) is 10.1. The van der Waals surface area contributed by atoms with E-state index in [1.54, 1.807) is 0 Å². The molecule has 0 spiro atoms. The van der Waals surface area contributed by atoms with Crippen LogP contribution in [-0.4, -0.2) is 6.04 Å². The molecule has 0 atom stereocenters. The van der Waals surface area contributed by atoms with Crippen LogP contribution in [0.15, 0.2) is 46.9 Å². The second-order valence-electron chi connectivity index (χ2n) is 5.53. The first-order valence-corrected chi connectivity index (χ1v) is 8.04. The van der Waals surface area contributed by atoms with E-state index in [9.17, 15) is 0 Å². The maximum atomic E-state index is 6.02. The van der Waals surface area contributed by atoms with Crippen molar-refractivity contribution in [3.8, 4) is 5.75 Å². The Bertz CT molecular complexity index is 596. The van der Waals surface area contributed by atoms with Crippen LogP contribution >= 0.6 is 15.9 Å². The predicted molar refractivity (Wildman–Crippen MR) is 91.6 cm³/mol. The average Bonchev–Trinajstić information content (AvgIpc) is 2.45. The summed E-state index contributed by atoms with van der Waals surface area (Å²) in [7, 11) is 0. The molecule has 1 N–H and O–H groups in total. The molecule has 0 bridgehead atoms. The fourth-order valence-corrected chi connectivity index (χ4v) is 2.47. The van der Waals surface area contributed by atoms with E-state index in [0.29, 0.717) is 12.6 Å². The fraction of sp³-hybridized carbons (Fsp3) is 0.333. The maximum absolute atomic E-state index is 6.02. The minimum absolute atomic E-state index is 0.460. The normalized spacial score (nSPS) is 10.9. The highest BCUT2D eigenvalue weighted by atomic mass is 79.9. The second kappa shape index (κ2) is 7.62. The van der Waals surface area contributed by atoms with Gasteiger partial charge in [-0.1, -0.05) is 65.7 Å². The Balaban J connectivity index is 2.10. The summed E-state index contributed by atoms with van der Waals surface area (Å²) in [5.41, 5.74) is 3.61. The van der Waals surface area contributed by atoms with Crippen LogP contribution in [0.4, 0.5) is 0 Å². The van der Waals surface area contributed by atoms with Crippen LogP contribution in [0.1, 0.15) is 30.5 Å². The molecule has 0 aliphatic carbocycles. The van der Waals surface area contributed by atoms with Gasteiger partial charge in [-0.15, -0.1) is 0 Å². The van der Waals surface area contributed by atoms with Crippen molar-refractivity contribution in [1.82, 2.24) is 5.32 Å². The van der Waals surface area contributed by atoms with E-state index in [-0.39, 0.29) is 0 Å². The zero-order valence-electron chi connectivity index (χ0n) is 12.8. The molecular formula is C18H22BrNO. The predicted octanol–water partition coefficient (Wildman–Crippen LogP) is 4.83. The van der Waals surface area contributed by atoms with E-state index in [2.05, 4.69) is 66.3 Å². The molecule has 0 saturated heterocycles. The molecule has 2 aromatic carbocycles. The van der Waals surface area contributed by atoms with Crippen molar-refractivity contribution >= 4 is 15.9 Å². The highest BCUT2D eigenvalue weighted by molar-refractivity contribution is 9.10. The van der Waals surface area contributed by atoms with Gasteiger partial charge in [0.05, 0.1) is 0 Å². The van der Waals surface area contributed by atoms with Gasteiger partial charge in [-0.25, -0.2) is 0 Å². The maximum Gasteiger partial charge on any atom is 0.124 e. The Morgan fingerprint density at radius 2 is 1.86 bits per heavy atom. The van der Waals surface area contributed by atoms with Crippen LogP contribution in [0.2, 0.25) is 0 Å². The Morgan fingerprint density at radius 3 is 2.57 bits per heavy atom. The van der Waals surface area contributed by atoms with E-state index < -0.39 is 0 Å². The first-order valence-electron chi connectivity index (χ1n) is 7.25. The van der Waals surface area contributed by atoms with E-state index in [1.165, 1.54) is 11.1 Å². The fourth-order valence-electron chi connectivity index (χ4n) is 2.07. The first kappa shape index (κ1) is 16.1. The number of aryl methyl sites for hydroxylation is 1. The third kappa shape index (κ3) is 4.87. The Hall–Kier alpha value is -1.32. The average molecular weight is 348 g/mol. The number of benzene rings is 2. The number of hydrogen-bond acceptors (Lipinski definition) is 2. The molecule has 0 saturated carbocycles. The topological polar surface area (TPSA) is 21.3 Å². The van der Waals surface area contributed by atoms with Crippen molar-refractivity contribution in [3.63, 3.8) is 0 Å². The summed E-state index contributed by atoms with van der Waals surface area (Å²) in [4.78, 5) is 0. The molecule has 0 heterocycles. The molecule has 21 heavy (non-hydrogen) atoms. The molecule has 2 rings (SSSR count). The lowest BCUT2D eigenvalue weighted by atomic mass is 10.1. The van der Waals surface area contributed by atoms with Gasteiger partial charge in [0.2, 0.25) is 0 Å². The lowest BCUT2D eigenvalue weighted by molar-refractivity contribution is 0.301. The molecule has 3 heteroatoms. The zero-order chi connectivity index (χ0) is 15.2. The summed E-state index contributed by atoms with van der Waals surface area (Å²) in [5.74, 6) is 0.949. The zero-order valence-corrected chi connectivity index (χ0v) is 14.4. The van der Waals surface area contributed by atoms with Crippen LogP contribution in [0.25, 0.3) is 0 Å². The van der Waals surface area contributed by atoms with Crippen molar-refractivity contribution in [2.45, 2.75) is 40.0 Å². The van der Waals surface area contributed by atoms with E-state index in [1.807, 2.05) is 18.2 Å². The van der Waals surface area contributed by atoms with E-state index in [0.717, 1.165) is 22.3 Å². The van der Waals surface area contributed by atoms with Crippen LogP contribution in [0.3, 0.4) is 0 Å². The van der Waals surface area contributed by atoms with Crippen molar-refractivity contribution < 1.29 is 4.74 Å². The van der Waals surface area contributed by atoms with Crippen LogP contribution in [0.5, 0.6) is 5.75 Å². The van der Waals surface area contributed by atoms with Gasteiger partial charge in [-0.3, -0.25) is 0 Å². The quantitative estimate of drug-likeness (QED) is 0.807. The standard InChI is InChI=1S/C18H22BrNO/c1-13(2)20-11-16-10-14(3)8-9-18(16)21-12-15-6-4-5-7-17(15)19/h4-10,13,20H,11-12H2,1-3H3. The third-order valence-corrected chi connectivity index (χ3v) is 4.03. The van der Waals surface area contributed by atoms with Gasteiger partial charge in [0.25, 0.3) is 0 Å². The monoisotopic (exact) mass is 347 g/mol. The molecule has 0 aliphatic heterocycles. The van der Waals surface area contributed by atoms with Crippen molar-refractivity contribution in [2.75, 3.05) is 0 Å². The summed E-state index contributed by atoms with van der Waals surface area (Å²) in [5, 5.41) is 3.45. The Kier molecular flexibility index (Phi) is 5.83. The summed E-state index contributed by atoms with van der Waals surface area (Å²) in [6.45, 7) is 7.80. The summed E-state index contributed by atoms with van der Waals surface area (Å²) >= 11 is 3.56. The van der Waals surface area contributed by atoms with Gasteiger partial charge in [0, 0.05) is 28.2 Å². The van der Waals surface area contributed by atoms with Gasteiger partial charge in [0.1, 0.15) is 12.4 Å². The highest BCUT2D eigenvalue weighted by Crippen LogP contribution is 2.23. The molecular weight excluding hydrogens is 326 g/mol. The third-order valence-electron chi connectivity index (χ3n) is 3.26. The number of rotatable bonds is 6. The summed E-state index contributed by atoms with van der Waals surface area (Å²) < 4.78 is 7.10. The minimum atomic E-state index is 0.460. The smallest absolute Gasteiger partial charge is 0.124 e. The van der Waals surface area contributed by atoms with Gasteiger partial charge in [-0.05, 0) is 19.1 Å².